The Balaban J connectivity index is 2.35. The van der Waals surface area contributed by atoms with E-state index in [1.165, 1.54) is 30.7 Å². The summed E-state index contributed by atoms with van der Waals surface area (Å²) >= 11 is 6.82. The molecule has 19 heavy (non-hydrogen) atoms. The van der Waals surface area contributed by atoms with E-state index in [9.17, 15) is 8.42 Å². The Hall–Kier alpha value is -1.38. The van der Waals surface area contributed by atoms with Crippen molar-refractivity contribution in [1.82, 2.24) is 9.97 Å². The average Bonchev–Trinajstić information content (AvgIpc) is 2.79. The Morgan fingerprint density at radius 1 is 1.42 bits per heavy atom. The molecule has 0 bridgehead atoms. The van der Waals surface area contributed by atoms with Crippen LogP contribution in [0.5, 0.6) is 5.88 Å². The minimum atomic E-state index is -3.70. The van der Waals surface area contributed by atoms with Crippen molar-refractivity contribution in [2.45, 2.75) is 11.1 Å². The zero-order valence-electron chi connectivity index (χ0n) is 10.0. The standard InChI is InChI=1S/C10H10ClN3O3S2/c1-6-3-4-8(18-6)19(15,16)14-9-10(17-2)13-7(11)5-12-9/h3-5H,1-2H3,(H,12,14). The topological polar surface area (TPSA) is 81.2 Å². The van der Waals surface area contributed by atoms with Crippen molar-refractivity contribution < 1.29 is 13.2 Å². The molecule has 2 aromatic rings. The van der Waals surface area contributed by atoms with E-state index in [0.717, 1.165) is 4.88 Å². The number of nitrogens with zero attached hydrogens (tertiary/aromatic N) is 2. The predicted molar refractivity (Wildman–Crippen MR) is 73.5 cm³/mol. The number of anilines is 1. The van der Waals surface area contributed by atoms with Gasteiger partial charge in [0.15, 0.2) is 5.15 Å². The molecular weight excluding hydrogens is 310 g/mol. The molecule has 0 aliphatic heterocycles. The first-order valence-electron chi connectivity index (χ1n) is 5.08. The number of nitrogens with one attached hydrogen (secondary N) is 1. The second kappa shape index (κ2) is 5.32. The minimum absolute atomic E-state index is 0.00190. The van der Waals surface area contributed by atoms with Gasteiger partial charge in [-0.2, -0.15) is 4.98 Å². The highest BCUT2D eigenvalue weighted by atomic mass is 35.5. The lowest BCUT2D eigenvalue weighted by Gasteiger charge is -2.08. The second-order valence-corrected chi connectivity index (χ2v) is 7.11. The van der Waals surface area contributed by atoms with Crippen molar-refractivity contribution in [2.75, 3.05) is 11.8 Å². The maximum absolute atomic E-state index is 12.1. The highest BCUT2D eigenvalue weighted by molar-refractivity contribution is 7.94. The van der Waals surface area contributed by atoms with E-state index >= 15 is 0 Å². The first kappa shape index (κ1) is 14.0. The van der Waals surface area contributed by atoms with Gasteiger partial charge >= 0.3 is 0 Å². The quantitative estimate of drug-likeness (QED) is 0.935. The maximum atomic E-state index is 12.1. The van der Waals surface area contributed by atoms with Crippen molar-refractivity contribution in [3.8, 4) is 5.88 Å². The van der Waals surface area contributed by atoms with Crippen LogP contribution in [0.3, 0.4) is 0 Å². The Morgan fingerprint density at radius 2 is 2.16 bits per heavy atom. The lowest BCUT2D eigenvalue weighted by Crippen LogP contribution is -2.14. The fourth-order valence-corrected chi connectivity index (χ4v) is 3.71. The van der Waals surface area contributed by atoms with E-state index in [0.29, 0.717) is 0 Å². The number of sulfonamides is 1. The van der Waals surface area contributed by atoms with Gasteiger partial charge in [0.05, 0.1) is 13.3 Å². The molecule has 0 aromatic carbocycles. The van der Waals surface area contributed by atoms with Gasteiger partial charge < -0.3 is 4.74 Å². The number of aromatic nitrogens is 2. The number of methoxy groups -OCH3 is 1. The molecule has 0 amide bonds. The van der Waals surface area contributed by atoms with Crippen LogP contribution in [0.1, 0.15) is 4.88 Å². The summed E-state index contributed by atoms with van der Waals surface area (Å²) in [5, 5.41) is 0.117. The largest absolute Gasteiger partial charge is 0.478 e. The Morgan fingerprint density at radius 3 is 2.74 bits per heavy atom. The van der Waals surface area contributed by atoms with Crippen LogP contribution in [0.25, 0.3) is 0 Å². The molecule has 0 atom stereocenters. The Labute approximate surface area is 119 Å². The fraction of sp³-hybridized carbons (Fsp3) is 0.200. The van der Waals surface area contributed by atoms with Gasteiger partial charge in [-0.1, -0.05) is 11.6 Å². The number of hydrogen-bond donors (Lipinski definition) is 1. The highest BCUT2D eigenvalue weighted by Crippen LogP contribution is 2.26. The molecule has 0 unspecified atom stereocenters. The van der Waals surface area contributed by atoms with Gasteiger partial charge in [-0.05, 0) is 19.1 Å². The molecule has 0 saturated heterocycles. The summed E-state index contributed by atoms with van der Waals surface area (Å²) in [5.41, 5.74) is 0. The van der Waals surface area contributed by atoms with Gasteiger partial charge in [0, 0.05) is 4.88 Å². The molecular formula is C10H10ClN3O3S2. The van der Waals surface area contributed by atoms with Crippen molar-refractivity contribution in [2.24, 2.45) is 0 Å². The molecule has 0 radical (unpaired) electrons. The molecule has 102 valence electrons. The van der Waals surface area contributed by atoms with E-state index in [1.807, 2.05) is 6.92 Å². The van der Waals surface area contributed by atoms with Crippen molar-refractivity contribution in [1.29, 1.82) is 0 Å². The summed E-state index contributed by atoms with van der Waals surface area (Å²) < 4.78 is 31.7. The van der Waals surface area contributed by atoms with Crippen LogP contribution in [0.15, 0.2) is 22.5 Å². The lowest BCUT2D eigenvalue weighted by molar-refractivity contribution is 0.398. The molecule has 0 fully saturated rings. The summed E-state index contributed by atoms with van der Waals surface area (Å²) in [6.07, 6.45) is 1.24. The normalized spacial score (nSPS) is 11.3. The SMILES string of the molecule is COc1nc(Cl)cnc1NS(=O)(=O)c1ccc(C)s1. The van der Waals surface area contributed by atoms with E-state index < -0.39 is 10.0 Å². The molecule has 2 rings (SSSR count). The number of thiophene rings is 1. The number of aryl methyl sites for hydroxylation is 1. The third kappa shape index (κ3) is 3.14. The van der Waals surface area contributed by atoms with Gasteiger partial charge in [0.2, 0.25) is 5.82 Å². The minimum Gasteiger partial charge on any atom is -0.478 e. The second-order valence-electron chi connectivity index (χ2n) is 3.52. The first-order valence-corrected chi connectivity index (χ1v) is 7.76. The zero-order chi connectivity index (χ0) is 14.0. The van der Waals surface area contributed by atoms with Crippen molar-refractivity contribution >= 4 is 38.8 Å². The number of ether oxygens (including phenoxy) is 1. The summed E-state index contributed by atoms with van der Waals surface area (Å²) in [7, 11) is -2.34. The number of hydrogen-bond acceptors (Lipinski definition) is 6. The monoisotopic (exact) mass is 319 g/mol. The van der Waals surface area contributed by atoms with Gasteiger partial charge in [-0.25, -0.2) is 13.4 Å². The van der Waals surface area contributed by atoms with Crippen LogP contribution in [-0.4, -0.2) is 25.5 Å². The predicted octanol–water partition coefficient (Wildman–Crippen LogP) is 2.31. The van der Waals surface area contributed by atoms with Crippen LogP contribution in [0, 0.1) is 6.92 Å². The van der Waals surface area contributed by atoms with Crippen LogP contribution in [-0.2, 0) is 10.0 Å². The molecule has 0 saturated carbocycles. The van der Waals surface area contributed by atoms with Crippen LogP contribution in [0.2, 0.25) is 5.15 Å². The molecule has 6 nitrogen and oxygen atoms in total. The molecule has 0 aliphatic carbocycles. The smallest absolute Gasteiger partial charge is 0.272 e. The third-order valence-electron chi connectivity index (χ3n) is 2.12. The fourth-order valence-electron chi connectivity index (χ4n) is 1.30. The average molecular weight is 320 g/mol. The first-order chi connectivity index (χ1) is 8.92. The molecule has 0 spiro atoms. The van der Waals surface area contributed by atoms with Crippen molar-refractivity contribution in [3.63, 3.8) is 0 Å². The van der Waals surface area contributed by atoms with Crippen LogP contribution >= 0.6 is 22.9 Å². The van der Waals surface area contributed by atoms with Crippen LogP contribution in [0.4, 0.5) is 5.82 Å². The summed E-state index contributed by atoms with van der Waals surface area (Å²) in [5.74, 6) is 0.0160. The van der Waals surface area contributed by atoms with Crippen molar-refractivity contribution in [3.05, 3.63) is 28.4 Å². The molecule has 2 heterocycles. The Bertz CT molecular complexity index is 700. The van der Waals surface area contributed by atoms with Gasteiger partial charge in [-0.15, -0.1) is 11.3 Å². The number of halogens is 1. The summed E-state index contributed by atoms with van der Waals surface area (Å²) in [4.78, 5) is 8.59. The number of rotatable bonds is 4. The van der Waals surface area contributed by atoms with Crippen LogP contribution < -0.4 is 9.46 Å². The zero-order valence-corrected chi connectivity index (χ0v) is 12.4. The molecule has 2 aromatic heterocycles. The van der Waals surface area contributed by atoms with E-state index in [1.54, 1.807) is 6.07 Å². The van der Waals surface area contributed by atoms with Gasteiger partial charge in [0.25, 0.3) is 15.9 Å². The van der Waals surface area contributed by atoms with Gasteiger partial charge in [-0.3, -0.25) is 4.72 Å². The maximum Gasteiger partial charge on any atom is 0.272 e. The lowest BCUT2D eigenvalue weighted by atomic mass is 10.5. The Kier molecular flexibility index (Phi) is 3.93. The molecule has 1 N–H and O–H groups in total. The van der Waals surface area contributed by atoms with Gasteiger partial charge in [0.1, 0.15) is 4.21 Å². The molecule has 9 heteroatoms. The van der Waals surface area contributed by atoms with E-state index in [2.05, 4.69) is 14.7 Å². The highest BCUT2D eigenvalue weighted by Gasteiger charge is 2.20. The van der Waals surface area contributed by atoms with E-state index in [-0.39, 0.29) is 21.1 Å². The summed E-state index contributed by atoms with van der Waals surface area (Å²) in [6, 6.07) is 3.25. The molecule has 0 aliphatic rings. The van der Waals surface area contributed by atoms with E-state index in [4.69, 9.17) is 16.3 Å². The third-order valence-corrected chi connectivity index (χ3v) is 5.13. The summed E-state index contributed by atoms with van der Waals surface area (Å²) in [6.45, 7) is 1.83.